The van der Waals surface area contributed by atoms with Crippen LogP contribution in [-0.2, 0) is 17.4 Å². The van der Waals surface area contributed by atoms with Gasteiger partial charge in [-0.05, 0) is 35.9 Å². The minimum atomic E-state index is -2.00. The molecule has 0 saturated carbocycles. The van der Waals surface area contributed by atoms with Crippen molar-refractivity contribution in [2.24, 2.45) is 0 Å². The smallest absolute Gasteiger partial charge is 0.124 e. The molecule has 4 rings (SSSR count). The average Bonchev–Trinajstić information content (AvgIpc) is 2.80. The first-order valence-electron chi connectivity index (χ1n) is 9.90. The van der Waals surface area contributed by atoms with Crippen molar-refractivity contribution >= 4 is 29.5 Å². The van der Waals surface area contributed by atoms with Crippen molar-refractivity contribution in [3.8, 4) is 0 Å². The number of aldehydes is 1. The molecule has 0 heterocycles. The highest BCUT2D eigenvalue weighted by Gasteiger charge is 2.46. The number of carbonyl (C=O) groups excluding carboxylic acids is 1. The molecule has 0 radical (unpaired) electrons. The van der Waals surface area contributed by atoms with E-state index in [2.05, 4.69) is 109 Å². The van der Waals surface area contributed by atoms with Crippen molar-refractivity contribution in [1.29, 1.82) is 0 Å². The van der Waals surface area contributed by atoms with E-state index in [0.29, 0.717) is 6.42 Å². The van der Waals surface area contributed by atoms with Crippen molar-refractivity contribution in [3.63, 3.8) is 0 Å². The molecule has 29 heavy (non-hydrogen) atoms. The molecule has 0 bridgehead atoms. The number of benzene rings is 4. The molecule has 0 amide bonds. The van der Waals surface area contributed by atoms with Gasteiger partial charge in [0.1, 0.15) is 29.5 Å². The van der Waals surface area contributed by atoms with E-state index in [1.54, 1.807) is 0 Å². The molecule has 0 aliphatic heterocycles. The van der Waals surface area contributed by atoms with E-state index in [9.17, 15) is 4.79 Å². The summed E-state index contributed by atoms with van der Waals surface area (Å²) in [6, 6.07) is 40.8. The predicted molar refractivity (Wildman–Crippen MR) is 125 cm³/mol. The van der Waals surface area contributed by atoms with E-state index in [1.807, 2.05) is 6.07 Å². The zero-order chi connectivity index (χ0) is 19.9. The summed E-state index contributed by atoms with van der Waals surface area (Å²) in [5.41, 5.74) is 2.44. The first-order chi connectivity index (χ1) is 14.3. The monoisotopic (exact) mass is 395 g/mol. The second kappa shape index (κ2) is 8.99. The molecule has 0 spiro atoms. The molecule has 0 aliphatic rings. The van der Waals surface area contributed by atoms with Gasteiger partial charge >= 0.3 is 0 Å². The van der Waals surface area contributed by atoms with Crippen LogP contribution < -0.4 is 15.9 Å². The average molecular weight is 395 g/mol. The van der Waals surface area contributed by atoms with Gasteiger partial charge in [0.2, 0.25) is 0 Å². The molecule has 1 nitrogen and oxygen atoms in total. The zero-order valence-corrected chi connectivity index (χ0v) is 17.2. The van der Waals surface area contributed by atoms with Crippen LogP contribution in [0.2, 0.25) is 0 Å². The summed E-state index contributed by atoms with van der Waals surface area (Å²) < 4.78 is 0. The number of hydrogen-bond acceptors (Lipinski definition) is 1. The molecule has 2 heteroatoms. The van der Waals surface area contributed by atoms with Crippen molar-refractivity contribution in [2.75, 3.05) is 0 Å². The molecule has 0 N–H and O–H groups in total. The summed E-state index contributed by atoms with van der Waals surface area (Å²) in [4.78, 5) is 11.5. The van der Waals surface area contributed by atoms with Gasteiger partial charge in [-0.1, -0.05) is 84.9 Å². The van der Waals surface area contributed by atoms with Gasteiger partial charge in [-0.2, -0.15) is 0 Å². The van der Waals surface area contributed by atoms with Crippen LogP contribution in [0.1, 0.15) is 11.1 Å². The Balaban J connectivity index is 2.05. The Kier molecular flexibility index (Phi) is 5.98. The molecule has 0 aromatic heterocycles. The normalized spacial score (nSPS) is 11.2. The predicted octanol–water partition coefficient (Wildman–Crippen LogP) is 4.92. The quantitative estimate of drug-likeness (QED) is 0.321. The van der Waals surface area contributed by atoms with Gasteiger partial charge in [-0.3, -0.25) is 0 Å². The SMILES string of the molecule is O=CCc1ccccc1[P+](Cc1ccccc1)(c1ccccc1)c1ccccc1. The molecule has 0 saturated heterocycles. The van der Waals surface area contributed by atoms with Crippen LogP contribution >= 0.6 is 7.26 Å². The fourth-order valence-corrected chi connectivity index (χ4v) is 8.57. The summed E-state index contributed by atoms with van der Waals surface area (Å²) in [7, 11) is -2.00. The molecule has 142 valence electrons. The summed E-state index contributed by atoms with van der Waals surface area (Å²) in [6.45, 7) is 0. The summed E-state index contributed by atoms with van der Waals surface area (Å²) in [5, 5.41) is 3.98. The van der Waals surface area contributed by atoms with Crippen molar-refractivity contribution in [1.82, 2.24) is 0 Å². The van der Waals surface area contributed by atoms with Crippen LogP contribution in [0.15, 0.2) is 115 Å². The van der Waals surface area contributed by atoms with Crippen molar-refractivity contribution < 1.29 is 4.79 Å². The fourth-order valence-electron chi connectivity index (χ4n) is 4.06. The lowest BCUT2D eigenvalue weighted by molar-refractivity contribution is -0.107. The molecule has 0 fully saturated rings. The van der Waals surface area contributed by atoms with E-state index in [-0.39, 0.29) is 0 Å². The summed E-state index contributed by atoms with van der Waals surface area (Å²) in [5.74, 6) is 0. The molecular weight excluding hydrogens is 371 g/mol. The first kappa shape index (κ1) is 19.3. The van der Waals surface area contributed by atoms with Gasteiger partial charge in [-0.15, -0.1) is 0 Å². The maximum atomic E-state index is 11.5. The maximum Gasteiger partial charge on any atom is 0.124 e. The third-order valence-corrected chi connectivity index (χ3v) is 9.82. The Labute approximate surface area is 173 Å². The van der Waals surface area contributed by atoms with Crippen LogP contribution in [0, 0.1) is 0 Å². The molecule has 4 aromatic carbocycles. The molecule has 0 unspecified atom stereocenters. The lowest BCUT2D eigenvalue weighted by Gasteiger charge is -2.29. The van der Waals surface area contributed by atoms with Gasteiger partial charge in [0.05, 0.1) is 6.16 Å². The molecule has 0 atom stereocenters. The largest absolute Gasteiger partial charge is 0.303 e. The lowest BCUT2D eigenvalue weighted by Crippen LogP contribution is -2.34. The lowest BCUT2D eigenvalue weighted by atomic mass is 10.2. The van der Waals surface area contributed by atoms with Gasteiger partial charge in [0.25, 0.3) is 0 Å². The van der Waals surface area contributed by atoms with Crippen LogP contribution in [-0.4, -0.2) is 6.29 Å². The summed E-state index contributed by atoms with van der Waals surface area (Å²) in [6.07, 6.45) is 2.39. The zero-order valence-electron chi connectivity index (χ0n) is 16.3. The fraction of sp³-hybridized carbons (Fsp3) is 0.0741. The van der Waals surface area contributed by atoms with E-state index in [4.69, 9.17) is 0 Å². The van der Waals surface area contributed by atoms with E-state index >= 15 is 0 Å². The molecular formula is C27H24OP+. The Morgan fingerprint density at radius 1 is 0.586 bits per heavy atom. The van der Waals surface area contributed by atoms with Crippen LogP contribution in [0.4, 0.5) is 0 Å². The van der Waals surface area contributed by atoms with Gasteiger partial charge in [0.15, 0.2) is 0 Å². The Morgan fingerprint density at radius 3 is 1.62 bits per heavy atom. The van der Waals surface area contributed by atoms with Crippen molar-refractivity contribution in [2.45, 2.75) is 12.6 Å². The van der Waals surface area contributed by atoms with Crippen LogP contribution in [0.3, 0.4) is 0 Å². The third kappa shape index (κ3) is 3.92. The highest BCUT2D eigenvalue weighted by Crippen LogP contribution is 2.58. The second-order valence-corrected chi connectivity index (χ2v) is 10.6. The highest BCUT2D eigenvalue weighted by molar-refractivity contribution is 7.95. The maximum absolute atomic E-state index is 11.5. The Bertz CT molecular complexity index is 1020. The van der Waals surface area contributed by atoms with Crippen LogP contribution in [0.5, 0.6) is 0 Å². The van der Waals surface area contributed by atoms with E-state index in [0.717, 1.165) is 18.0 Å². The standard InChI is InChI=1S/C27H24OP/c28-21-20-24-14-10-11-19-27(24)29(25-15-6-2-7-16-25,26-17-8-3-9-18-26)22-23-12-4-1-5-13-23/h1-19,21H,20,22H2/q+1. The Hall–Kier alpha value is -3.02. The minimum Gasteiger partial charge on any atom is -0.303 e. The van der Waals surface area contributed by atoms with Gasteiger partial charge < -0.3 is 4.79 Å². The first-order valence-corrected chi connectivity index (χ1v) is 11.9. The molecule has 4 aromatic rings. The number of rotatable bonds is 7. The summed E-state index contributed by atoms with van der Waals surface area (Å²) >= 11 is 0. The third-order valence-electron chi connectivity index (χ3n) is 5.36. The number of hydrogen-bond donors (Lipinski definition) is 0. The van der Waals surface area contributed by atoms with E-state index < -0.39 is 7.26 Å². The van der Waals surface area contributed by atoms with Gasteiger partial charge in [-0.25, -0.2) is 0 Å². The second-order valence-electron chi connectivity index (χ2n) is 7.12. The topological polar surface area (TPSA) is 17.1 Å². The number of carbonyl (C=O) groups is 1. The minimum absolute atomic E-state index is 0.437. The molecule has 0 aliphatic carbocycles. The highest BCUT2D eigenvalue weighted by atomic mass is 31.2. The Morgan fingerprint density at radius 2 is 1.07 bits per heavy atom. The van der Waals surface area contributed by atoms with Crippen LogP contribution in [0.25, 0.3) is 0 Å². The van der Waals surface area contributed by atoms with Crippen molar-refractivity contribution in [3.05, 3.63) is 126 Å². The van der Waals surface area contributed by atoms with E-state index in [1.165, 1.54) is 21.5 Å². The van der Waals surface area contributed by atoms with Gasteiger partial charge in [0, 0.05) is 12.0 Å².